The lowest BCUT2D eigenvalue weighted by molar-refractivity contribution is -0.146. The van der Waals surface area contributed by atoms with Gasteiger partial charge in [-0.3, -0.25) is 24.0 Å². The number of fused-ring (bicyclic) bond motifs is 2. The lowest BCUT2D eigenvalue weighted by Gasteiger charge is -2.31. The number of ether oxygens (including phenoxy) is 2. The normalized spacial score (nSPS) is 22.7. The Morgan fingerprint density at radius 2 is 1.86 bits per heavy atom. The maximum atomic E-state index is 16.4. The first-order valence-electron chi connectivity index (χ1n) is 17.3. The van der Waals surface area contributed by atoms with Crippen LogP contribution in [-0.4, -0.2) is 72.7 Å². The molecule has 1 fully saturated rings. The molecule has 0 unspecified atom stereocenters. The summed E-state index contributed by atoms with van der Waals surface area (Å²) in [5, 5.41) is 19.4. The fraction of sp³-hybridized carbons (Fsp3) is 0.432. The molecule has 1 saturated heterocycles. The second-order valence-corrected chi connectivity index (χ2v) is 17.8. The summed E-state index contributed by atoms with van der Waals surface area (Å²) in [4.78, 5) is 44.0. The van der Waals surface area contributed by atoms with Crippen LogP contribution in [0.25, 0.3) is 10.8 Å². The van der Waals surface area contributed by atoms with E-state index < -0.39 is 31.6 Å². The van der Waals surface area contributed by atoms with Crippen LogP contribution in [0.15, 0.2) is 60.8 Å². The van der Waals surface area contributed by atoms with E-state index in [0.717, 1.165) is 16.5 Å². The van der Waals surface area contributed by atoms with Gasteiger partial charge in [0.05, 0.1) is 35.8 Å². The Balaban J connectivity index is 1.28. The van der Waals surface area contributed by atoms with Crippen molar-refractivity contribution in [2.75, 3.05) is 30.1 Å². The third-order valence-electron chi connectivity index (χ3n) is 10.6. The third kappa shape index (κ3) is 5.51. The standard InChI is InChI=1S/C37H42FN5O6Si/c1-23-34(50(3,4)38)31(16-19-41-22-25(17-20-44)39-40-41)49-37(23)28-21-26(14-15-29(28)42(36(37)47)18-6-5-13-32(45)48-2)43-30-12-8-10-24-9-7-11-27(33(24)30)35(43)46/h7-12,14-15,21-23,31,34,44H,5-6,13,16-20H2,1-4H3/t23-,31+,34-,37+/m0/s1. The van der Waals surface area contributed by atoms with E-state index in [9.17, 15) is 19.5 Å². The SMILES string of the molecule is COC(=O)CCCCN1C(=O)[C@]2(O[C@H](CCn3cc(CCO)nn3)[C@@H]([Si](C)(C)F)[C@@H]2C)c2cc(N3C(=O)c4cccc5cccc3c45)ccc21. The Morgan fingerprint density at radius 1 is 1.08 bits per heavy atom. The molecule has 3 aliphatic rings. The van der Waals surface area contributed by atoms with Gasteiger partial charge in [-0.15, -0.1) is 5.10 Å². The summed E-state index contributed by atoms with van der Waals surface area (Å²) in [5.74, 6) is -1.24. The second-order valence-electron chi connectivity index (χ2n) is 14.0. The maximum Gasteiger partial charge on any atom is 0.305 e. The first-order chi connectivity index (χ1) is 24.0. The number of hydrogen-bond donors (Lipinski definition) is 1. The molecule has 0 radical (unpaired) electrons. The minimum Gasteiger partial charge on any atom is -0.469 e. The average molecular weight is 700 g/mol. The summed E-state index contributed by atoms with van der Waals surface area (Å²) in [7, 11) is -2.07. The van der Waals surface area contributed by atoms with Gasteiger partial charge in [0.2, 0.25) is 8.41 Å². The van der Waals surface area contributed by atoms with Crippen LogP contribution in [0.3, 0.4) is 0 Å². The highest BCUT2D eigenvalue weighted by Gasteiger charge is 2.66. The fourth-order valence-electron chi connectivity index (χ4n) is 8.42. The van der Waals surface area contributed by atoms with Crippen LogP contribution in [0.1, 0.15) is 54.2 Å². The van der Waals surface area contributed by atoms with Gasteiger partial charge in [-0.25, -0.2) is 0 Å². The molecule has 4 aromatic rings. The Kier molecular flexibility index (Phi) is 8.85. The number of amides is 2. The van der Waals surface area contributed by atoms with Gasteiger partial charge < -0.3 is 23.6 Å². The minimum absolute atomic E-state index is 0.0405. The number of esters is 1. The fourth-order valence-corrected chi connectivity index (χ4v) is 11.0. The van der Waals surface area contributed by atoms with Crippen molar-refractivity contribution in [3.05, 3.63) is 77.6 Å². The van der Waals surface area contributed by atoms with Gasteiger partial charge in [0, 0.05) is 66.8 Å². The highest BCUT2D eigenvalue weighted by molar-refractivity contribution is 6.72. The van der Waals surface area contributed by atoms with Gasteiger partial charge in [-0.2, -0.15) is 0 Å². The number of methoxy groups -OCH3 is 1. The van der Waals surface area contributed by atoms with Crippen molar-refractivity contribution in [3.8, 4) is 0 Å². The number of benzene rings is 3. The number of carbonyl (C=O) groups is 3. The van der Waals surface area contributed by atoms with Crippen LogP contribution in [0.4, 0.5) is 21.2 Å². The Bertz CT molecular complexity index is 1970. The summed E-state index contributed by atoms with van der Waals surface area (Å²) in [6, 6.07) is 17.1. The molecule has 3 aromatic carbocycles. The van der Waals surface area contributed by atoms with Gasteiger partial charge in [0.15, 0.2) is 5.60 Å². The summed E-state index contributed by atoms with van der Waals surface area (Å²) in [6.45, 7) is 5.95. The predicted molar refractivity (Wildman–Crippen MR) is 189 cm³/mol. The van der Waals surface area contributed by atoms with Crippen molar-refractivity contribution in [1.29, 1.82) is 0 Å². The first-order valence-corrected chi connectivity index (χ1v) is 20.2. The molecule has 11 nitrogen and oxygen atoms in total. The maximum absolute atomic E-state index is 16.4. The van der Waals surface area contributed by atoms with Crippen LogP contribution >= 0.6 is 0 Å². The molecule has 0 bridgehead atoms. The molecule has 1 aromatic heterocycles. The van der Waals surface area contributed by atoms with E-state index in [1.807, 2.05) is 61.5 Å². The Labute approximate surface area is 291 Å². The quantitative estimate of drug-likeness (QED) is 0.0850. The monoisotopic (exact) mass is 699 g/mol. The molecular weight excluding hydrogens is 658 g/mol. The smallest absolute Gasteiger partial charge is 0.305 e. The molecule has 2 amide bonds. The van der Waals surface area contributed by atoms with E-state index in [1.54, 1.807) is 33.8 Å². The van der Waals surface area contributed by atoms with Crippen LogP contribution in [-0.2, 0) is 37.6 Å². The van der Waals surface area contributed by atoms with Crippen molar-refractivity contribution >= 4 is 54.0 Å². The third-order valence-corrected chi connectivity index (χ3v) is 13.1. The van der Waals surface area contributed by atoms with E-state index in [4.69, 9.17) is 9.47 Å². The molecule has 13 heteroatoms. The van der Waals surface area contributed by atoms with E-state index in [2.05, 4.69) is 10.3 Å². The van der Waals surface area contributed by atoms with E-state index in [-0.39, 0.29) is 30.8 Å². The second kappa shape index (κ2) is 13.0. The number of aliphatic hydroxyl groups is 1. The number of hydrogen-bond acceptors (Lipinski definition) is 8. The highest BCUT2D eigenvalue weighted by Crippen LogP contribution is 2.61. The molecule has 4 heterocycles. The molecular formula is C37H42FN5O6Si. The average Bonchev–Trinajstić information content (AvgIpc) is 3.81. The minimum atomic E-state index is -3.43. The number of anilines is 3. The van der Waals surface area contributed by atoms with Gasteiger partial charge >= 0.3 is 5.97 Å². The van der Waals surface area contributed by atoms with Crippen LogP contribution in [0.2, 0.25) is 18.6 Å². The zero-order valence-electron chi connectivity index (χ0n) is 28.8. The lowest BCUT2D eigenvalue weighted by atomic mass is 9.82. The summed E-state index contributed by atoms with van der Waals surface area (Å²) >= 11 is 0. The van der Waals surface area contributed by atoms with Crippen molar-refractivity contribution < 1.29 is 33.1 Å². The largest absolute Gasteiger partial charge is 0.469 e. The number of unbranched alkanes of at least 4 members (excludes halogenated alkanes) is 1. The number of aromatic nitrogens is 3. The summed E-state index contributed by atoms with van der Waals surface area (Å²) in [5.41, 5.74) is 1.92. The number of aliphatic hydroxyl groups excluding tert-OH is 1. The summed E-state index contributed by atoms with van der Waals surface area (Å²) < 4.78 is 29.9. The van der Waals surface area contributed by atoms with Gasteiger partial charge in [0.1, 0.15) is 0 Å². The first kappa shape index (κ1) is 34.0. The topological polar surface area (TPSA) is 127 Å². The highest BCUT2D eigenvalue weighted by atomic mass is 28.4. The van der Waals surface area contributed by atoms with E-state index in [0.29, 0.717) is 67.0 Å². The molecule has 1 N–H and O–H groups in total. The molecule has 0 saturated carbocycles. The molecule has 1 spiro atoms. The van der Waals surface area contributed by atoms with Crippen molar-refractivity contribution in [1.82, 2.24) is 15.0 Å². The predicted octanol–water partition coefficient (Wildman–Crippen LogP) is 5.81. The molecule has 3 aliphatic heterocycles. The van der Waals surface area contributed by atoms with Gasteiger partial charge in [-0.1, -0.05) is 36.4 Å². The molecule has 4 atom stereocenters. The van der Waals surface area contributed by atoms with Crippen LogP contribution in [0, 0.1) is 5.92 Å². The number of rotatable bonds is 12. The number of nitrogens with zero attached hydrogens (tertiary/aromatic N) is 5. The zero-order valence-corrected chi connectivity index (χ0v) is 29.8. The molecule has 0 aliphatic carbocycles. The van der Waals surface area contributed by atoms with E-state index >= 15 is 4.11 Å². The number of aryl methyl sites for hydroxylation is 1. The van der Waals surface area contributed by atoms with Crippen LogP contribution in [0.5, 0.6) is 0 Å². The molecule has 262 valence electrons. The van der Waals surface area contributed by atoms with E-state index in [1.165, 1.54) is 7.11 Å². The van der Waals surface area contributed by atoms with Gasteiger partial charge in [-0.05, 0) is 68.1 Å². The molecule has 7 rings (SSSR count). The zero-order chi connectivity index (χ0) is 35.4. The van der Waals surface area contributed by atoms with Crippen molar-refractivity contribution in [2.24, 2.45) is 5.92 Å². The lowest BCUT2D eigenvalue weighted by Crippen LogP contribution is -2.45. The summed E-state index contributed by atoms with van der Waals surface area (Å²) in [6.07, 6.45) is 3.28. The van der Waals surface area contributed by atoms with Gasteiger partial charge in [0.25, 0.3) is 11.8 Å². The Morgan fingerprint density at radius 3 is 2.60 bits per heavy atom. The Hall–Kier alpha value is -4.46. The number of carbonyl (C=O) groups excluding carboxylic acids is 3. The van der Waals surface area contributed by atoms with Crippen molar-refractivity contribution in [3.63, 3.8) is 0 Å². The molecule has 50 heavy (non-hydrogen) atoms. The van der Waals surface area contributed by atoms with Crippen LogP contribution < -0.4 is 9.80 Å². The van der Waals surface area contributed by atoms with Crippen molar-refractivity contribution in [2.45, 2.75) is 75.9 Å². The number of halogens is 1.